The lowest BCUT2D eigenvalue weighted by molar-refractivity contribution is 0.0599. The highest BCUT2D eigenvalue weighted by Crippen LogP contribution is 2.31. The molecule has 3 nitrogen and oxygen atoms in total. The van der Waals surface area contributed by atoms with Gasteiger partial charge in [-0.2, -0.15) is 0 Å². The van der Waals surface area contributed by atoms with Crippen LogP contribution < -0.4 is 4.74 Å². The molecule has 0 aliphatic carbocycles. The van der Waals surface area contributed by atoms with Crippen LogP contribution in [-0.2, 0) is 4.74 Å². The van der Waals surface area contributed by atoms with E-state index in [1.54, 1.807) is 18.9 Å². The topological polar surface area (TPSA) is 35.5 Å². The summed E-state index contributed by atoms with van der Waals surface area (Å²) in [4.78, 5) is 13.7. The van der Waals surface area contributed by atoms with Crippen LogP contribution in [0, 0.1) is 0 Å². The fourth-order valence-corrected chi connectivity index (χ4v) is 2.88. The molecule has 0 saturated carbocycles. The molecule has 2 aromatic rings. The number of hydrogen-bond donors (Lipinski definition) is 0. The summed E-state index contributed by atoms with van der Waals surface area (Å²) < 4.78 is 10.6. The number of halogens is 1. The van der Waals surface area contributed by atoms with E-state index in [9.17, 15) is 4.79 Å². The zero-order valence-corrected chi connectivity index (χ0v) is 13.5. The number of carbonyl (C=O) groups is 1. The van der Waals surface area contributed by atoms with E-state index in [0.717, 1.165) is 20.0 Å². The summed E-state index contributed by atoms with van der Waals surface area (Å²) in [5.41, 5.74) is 0.519. The van der Waals surface area contributed by atoms with Gasteiger partial charge in [-0.15, -0.1) is 0 Å². The van der Waals surface area contributed by atoms with Gasteiger partial charge in [-0.3, -0.25) is 0 Å². The zero-order chi connectivity index (χ0) is 14.5. The molecule has 0 aromatic heterocycles. The van der Waals surface area contributed by atoms with Gasteiger partial charge in [-0.1, -0.05) is 11.8 Å². The first-order valence-corrected chi connectivity index (χ1v) is 7.44. The fourth-order valence-electron chi connectivity index (χ4n) is 1.61. The normalized spacial score (nSPS) is 10.2. The molecular weight excluding hydrogens is 340 g/mol. The molecule has 0 amide bonds. The predicted octanol–water partition coefficient (Wildman–Crippen LogP) is 4.40. The zero-order valence-electron chi connectivity index (χ0n) is 11.1. The third-order valence-electron chi connectivity index (χ3n) is 2.64. The van der Waals surface area contributed by atoms with Crippen molar-refractivity contribution >= 4 is 33.7 Å². The van der Waals surface area contributed by atoms with Crippen LogP contribution >= 0.6 is 27.7 Å². The van der Waals surface area contributed by atoms with E-state index >= 15 is 0 Å². The van der Waals surface area contributed by atoms with Gasteiger partial charge in [-0.05, 0) is 58.4 Å². The first kappa shape index (κ1) is 14.9. The Kier molecular flexibility index (Phi) is 5.09. The maximum Gasteiger partial charge on any atom is 0.339 e. The Morgan fingerprint density at radius 2 is 1.70 bits per heavy atom. The lowest BCUT2D eigenvalue weighted by atomic mass is 10.2. The Morgan fingerprint density at radius 3 is 2.30 bits per heavy atom. The molecule has 0 saturated heterocycles. The quantitative estimate of drug-likeness (QED) is 0.764. The van der Waals surface area contributed by atoms with Gasteiger partial charge in [0.2, 0.25) is 0 Å². The van der Waals surface area contributed by atoms with Crippen LogP contribution in [-0.4, -0.2) is 20.2 Å². The molecule has 2 rings (SSSR count). The summed E-state index contributed by atoms with van der Waals surface area (Å²) >= 11 is 4.92. The average molecular weight is 353 g/mol. The van der Waals surface area contributed by atoms with Crippen LogP contribution in [0.1, 0.15) is 10.4 Å². The SMILES string of the molecule is COC(=O)c1cc(Sc2ccc(OC)cc2)ccc1Br. The molecule has 104 valence electrons. The third-order valence-corrected chi connectivity index (χ3v) is 4.33. The van der Waals surface area contributed by atoms with E-state index in [4.69, 9.17) is 9.47 Å². The van der Waals surface area contributed by atoms with E-state index in [1.165, 1.54) is 7.11 Å². The van der Waals surface area contributed by atoms with E-state index in [1.807, 2.05) is 42.5 Å². The standard InChI is InChI=1S/C15H13BrO3S/c1-18-10-3-5-11(6-4-10)20-12-7-8-14(16)13(9-12)15(17)19-2/h3-9H,1-2H3. The molecule has 2 aromatic carbocycles. The van der Waals surface area contributed by atoms with Gasteiger partial charge < -0.3 is 9.47 Å². The highest BCUT2D eigenvalue weighted by atomic mass is 79.9. The Bertz CT molecular complexity index is 611. The summed E-state index contributed by atoms with van der Waals surface area (Å²) in [6.45, 7) is 0. The Labute approximate surface area is 130 Å². The van der Waals surface area contributed by atoms with Crippen molar-refractivity contribution < 1.29 is 14.3 Å². The molecule has 0 aliphatic heterocycles. The van der Waals surface area contributed by atoms with Crippen molar-refractivity contribution in [3.63, 3.8) is 0 Å². The first-order valence-electron chi connectivity index (χ1n) is 5.84. The number of methoxy groups -OCH3 is 2. The summed E-state index contributed by atoms with van der Waals surface area (Å²) in [6.07, 6.45) is 0. The van der Waals surface area contributed by atoms with Crippen molar-refractivity contribution in [3.8, 4) is 5.75 Å². The van der Waals surface area contributed by atoms with Crippen LogP contribution in [0.15, 0.2) is 56.7 Å². The van der Waals surface area contributed by atoms with Crippen molar-refractivity contribution in [2.45, 2.75) is 9.79 Å². The average Bonchev–Trinajstić information content (AvgIpc) is 2.49. The van der Waals surface area contributed by atoms with Crippen LogP contribution in [0.2, 0.25) is 0 Å². The molecule has 0 heterocycles. The number of ether oxygens (including phenoxy) is 2. The molecule has 0 fully saturated rings. The lowest BCUT2D eigenvalue weighted by Gasteiger charge is -2.07. The maximum atomic E-state index is 11.6. The van der Waals surface area contributed by atoms with Crippen LogP contribution in [0.3, 0.4) is 0 Å². The molecule has 0 aliphatic rings. The molecule has 5 heteroatoms. The lowest BCUT2D eigenvalue weighted by Crippen LogP contribution is -2.02. The smallest absolute Gasteiger partial charge is 0.339 e. The van der Waals surface area contributed by atoms with Gasteiger partial charge in [-0.25, -0.2) is 4.79 Å². The van der Waals surface area contributed by atoms with Crippen LogP contribution in [0.5, 0.6) is 5.75 Å². The van der Waals surface area contributed by atoms with Gasteiger partial charge in [0.05, 0.1) is 19.8 Å². The van der Waals surface area contributed by atoms with Crippen molar-refractivity contribution in [2.75, 3.05) is 14.2 Å². The van der Waals surface area contributed by atoms with Gasteiger partial charge in [0.1, 0.15) is 5.75 Å². The second kappa shape index (κ2) is 6.81. The van der Waals surface area contributed by atoms with Crippen molar-refractivity contribution in [2.24, 2.45) is 0 Å². The maximum absolute atomic E-state index is 11.6. The van der Waals surface area contributed by atoms with Crippen LogP contribution in [0.4, 0.5) is 0 Å². The molecule has 0 atom stereocenters. The highest BCUT2D eigenvalue weighted by Gasteiger charge is 2.11. The van der Waals surface area contributed by atoms with Crippen LogP contribution in [0.25, 0.3) is 0 Å². The van der Waals surface area contributed by atoms with Gasteiger partial charge in [0, 0.05) is 14.3 Å². The predicted molar refractivity (Wildman–Crippen MR) is 82.6 cm³/mol. The minimum absolute atomic E-state index is 0.353. The largest absolute Gasteiger partial charge is 0.497 e. The van der Waals surface area contributed by atoms with Crippen molar-refractivity contribution in [1.82, 2.24) is 0 Å². The summed E-state index contributed by atoms with van der Waals surface area (Å²) in [6, 6.07) is 13.4. The number of carbonyl (C=O) groups excluding carboxylic acids is 1. The minimum Gasteiger partial charge on any atom is -0.497 e. The Morgan fingerprint density at radius 1 is 1.05 bits per heavy atom. The molecule has 20 heavy (non-hydrogen) atoms. The summed E-state index contributed by atoms with van der Waals surface area (Å²) in [5.74, 6) is 0.467. The van der Waals surface area contributed by atoms with E-state index < -0.39 is 0 Å². The summed E-state index contributed by atoms with van der Waals surface area (Å²) in [5, 5.41) is 0. The Hall–Kier alpha value is -1.46. The first-order chi connectivity index (χ1) is 9.63. The minimum atomic E-state index is -0.353. The van der Waals surface area contributed by atoms with Crippen molar-refractivity contribution in [1.29, 1.82) is 0 Å². The third kappa shape index (κ3) is 3.55. The van der Waals surface area contributed by atoms with Gasteiger partial charge in [0.15, 0.2) is 0 Å². The highest BCUT2D eigenvalue weighted by molar-refractivity contribution is 9.10. The number of hydrogen-bond acceptors (Lipinski definition) is 4. The molecule has 0 N–H and O–H groups in total. The van der Waals surface area contributed by atoms with E-state index in [-0.39, 0.29) is 5.97 Å². The monoisotopic (exact) mass is 352 g/mol. The van der Waals surface area contributed by atoms with E-state index in [0.29, 0.717) is 5.56 Å². The van der Waals surface area contributed by atoms with E-state index in [2.05, 4.69) is 15.9 Å². The van der Waals surface area contributed by atoms with Crippen molar-refractivity contribution in [3.05, 3.63) is 52.5 Å². The number of esters is 1. The molecule has 0 unspecified atom stereocenters. The molecule has 0 bridgehead atoms. The molecule has 0 spiro atoms. The molecular formula is C15H13BrO3S. The van der Waals surface area contributed by atoms with Gasteiger partial charge in [0.25, 0.3) is 0 Å². The fraction of sp³-hybridized carbons (Fsp3) is 0.133. The second-order valence-electron chi connectivity index (χ2n) is 3.91. The number of benzene rings is 2. The number of rotatable bonds is 4. The molecule has 0 radical (unpaired) electrons. The Balaban J connectivity index is 2.22. The summed E-state index contributed by atoms with van der Waals surface area (Å²) in [7, 11) is 3.01. The van der Waals surface area contributed by atoms with Gasteiger partial charge >= 0.3 is 5.97 Å². The second-order valence-corrected chi connectivity index (χ2v) is 5.91.